The normalized spacial score (nSPS) is 10.7. The Morgan fingerprint density at radius 2 is 2.29 bits per heavy atom. The van der Waals surface area contributed by atoms with Gasteiger partial charge in [0.2, 0.25) is 0 Å². The van der Waals surface area contributed by atoms with Crippen LogP contribution < -0.4 is 10.5 Å². The van der Waals surface area contributed by atoms with Crippen molar-refractivity contribution >= 4 is 15.9 Å². The van der Waals surface area contributed by atoms with E-state index in [1.54, 1.807) is 0 Å². The zero-order valence-corrected chi connectivity index (χ0v) is 9.01. The molecule has 6 heteroatoms. The monoisotopic (exact) mass is 266 g/mol. The van der Waals surface area contributed by atoms with Crippen molar-refractivity contribution in [3.8, 4) is 5.75 Å². The number of pyridine rings is 1. The van der Waals surface area contributed by atoms with E-state index in [0.717, 1.165) is 0 Å². The molecule has 1 aromatic heterocycles. The lowest BCUT2D eigenvalue weighted by molar-refractivity contribution is 0.145. The van der Waals surface area contributed by atoms with E-state index >= 15 is 0 Å². The first-order chi connectivity index (χ1) is 6.61. The Labute approximate surface area is 88.4 Å². The van der Waals surface area contributed by atoms with E-state index in [4.69, 9.17) is 10.5 Å². The summed E-state index contributed by atoms with van der Waals surface area (Å²) < 4.78 is 30.4. The maximum Gasteiger partial charge on any atom is 0.267 e. The molecular formula is C8H9BrF2N2O. The molecule has 0 spiro atoms. The summed E-state index contributed by atoms with van der Waals surface area (Å²) in [6.07, 6.45) is -1.38. The van der Waals surface area contributed by atoms with Gasteiger partial charge >= 0.3 is 0 Å². The van der Waals surface area contributed by atoms with Gasteiger partial charge in [-0.05, 0) is 15.9 Å². The number of nitrogens with zero attached hydrogens (tertiary/aromatic N) is 1. The number of nitrogens with two attached hydrogens (primary N) is 1. The van der Waals surface area contributed by atoms with Gasteiger partial charge in [0.05, 0.1) is 18.9 Å². The first kappa shape index (κ1) is 11.3. The fourth-order valence-electron chi connectivity index (χ4n) is 1.12. The first-order valence-electron chi connectivity index (χ1n) is 3.81. The molecule has 2 N–H and O–H groups in total. The lowest BCUT2D eigenvalue weighted by Gasteiger charge is -2.12. The number of hydrogen-bond acceptors (Lipinski definition) is 3. The molecule has 0 aliphatic rings. The minimum absolute atomic E-state index is 0.00947. The number of halogens is 3. The van der Waals surface area contributed by atoms with Crippen molar-refractivity contribution in [2.75, 3.05) is 7.11 Å². The van der Waals surface area contributed by atoms with Crippen LogP contribution in [0.25, 0.3) is 0 Å². The average Bonchev–Trinajstić information content (AvgIpc) is 2.17. The Morgan fingerprint density at radius 3 is 2.71 bits per heavy atom. The molecule has 1 aromatic rings. The maximum absolute atomic E-state index is 12.7. The highest BCUT2D eigenvalue weighted by Gasteiger charge is 2.20. The van der Waals surface area contributed by atoms with Gasteiger partial charge in [-0.3, -0.25) is 0 Å². The summed E-state index contributed by atoms with van der Waals surface area (Å²) in [5.74, 6) is 0.0589. The summed E-state index contributed by atoms with van der Waals surface area (Å²) >= 11 is 3.06. The maximum atomic E-state index is 12.7. The van der Waals surface area contributed by atoms with E-state index < -0.39 is 6.43 Å². The summed E-state index contributed by atoms with van der Waals surface area (Å²) in [7, 11) is 1.32. The molecule has 78 valence electrons. The van der Waals surface area contributed by atoms with Gasteiger partial charge in [-0.15, -0.1) is 0 Å². The average molecular weight is 267 g/mol. The molecule has 0 fully saturated rings. The standard InChI is InChI=1S/C8H9BrF2N2O/c1-14-5-3-13-7(9)4(2-12)6(5)8(10)11/h3,8H,2,12H2,1H3. The number of methoxy groups -OCH3 is 1. The van der Waals surface area contributed by atoms with Crippen molar-refractivity contribution in [2.45, 2.75) is 13.0 Å². The van der Waals surface area contributed by atoms with Gasteiger partial charge in [-0.25, -0.2) is 13.8 Å². The van der Waals surface area contributed by atoms with Crippen LogP contribution in [-0.4, -0.2) is 12.1 Å². The lowest BCUT2D eigenvalue weighted by atomic mass is 10.1. The van der Waals surface area contributed by atoms with Crippen LogP contribution in [0.4, 0.5) is 8.78 Å². The number of rotatable bonds is 3. The molecule has 0 aliphatic carbocycles. The quantitative estimate of drug-likeness (QED) is 0.854. The summed E-state index contributed by atoms with van der Waals surface area (Å²) in [6.45, 7) is -0.00947. The molecule has 14 heavy (non-hydrogen) atoms. The minimum Gasteiger partial charge on any atom is -0.495 e. The zero-order chi connectivity index (χ0) is 10.7. The van der Waals surface area contributed by atoms with Gasteiger partial charge in [0.15, 0.2) is 0 Å². The minimum atomic E-state index is -2.62. The largest absolute Gasteiger partial charge is 0.495 e. The van der Waals surface area contributed by atoms with Crippen molar-refractivity contribution in [3.05, 3.63) is 21.9 Å². The summed E-state index contributed by atoms with van der Waals surface area (Å²) in [4.78, 5) is 3.84. The van der Waals surface area contributed by atoms with Gasteiger partial charge in [-0.1, -0.05) is 0 Å². The van der Waals surface area contributed by atoms with Gasteiger partial charge < -0.3 is 10.5 Å². The summed E-state index contributed by atoms with van der Waals surface area (Å²) in [5, 5.41) is 0. The zero-order valence-electron chi connectivity index (χ0n) is 7.43. The predicted molar refractivity (Wildman–Crippen MR) is 51.3 cm³/mol. The second-order valence-electron chi connectivity index (χ2n) is 2.51. The Morgan fingerprint density at radius 1 is 1.64 bits per heavy atom. The van der Waals surface area contributed by atoms with Crippen LogP contribution in [0.15, 0.2) is 10.8 Å². The highest BCUT2D eigenvalue weighted by molar-refractivity contribution is 9.10. The number of alkyl halides is 2. The van der Waals surface area contributed by atoms with E-state index in [1.807, 2.05) is 0 Å². The number of aromatic nitrogens is 1. The van der Waals surface area contributed by atoms with Crippen molar-refractivity contribution in [2.24, 2.45) is 5.73 Å². The number of hydrogen-bond donors (Lipinski definition) is 1. The van der Waals surface area contributed by atoms with Crippen LogP contribution in [0.3, 0.4) is 0 Å². The van der Waals surface area contributed by atoms with Crippen LogP contribution in [0.2, 0.25) is 0 Å². The summed E-state index contributed by atoms with van der Waals surface area (Å²) in [5.41, 5.74) is 5.43. The Hall–Kier alpha value is -0.750. The van der Waals surface area contributed by atoms with Crippen LogP contribution in [-0.2, 0) is 6.54 Å². The van der Waals surface area contributed by atoms with E-state index in [0.29, 0.717) is 4.60 Å². The summed E-state index contributed by atoms with van der Waals surface area (Å²) in [6, 6.07) is 0. The SMILES string of the molecule is COc1cnc(Br)c(CN)c1C(F)F. The van der Waals surface area contributed by atoms with Gasteiger partial charge in [-0.2, -0.15) is 0 Å². The molecule has 1 heterocycles. The van der Waals surface area contributed by atoms with Gasteiger partial charge in [0.1, 0.15) is 10.4 Å². The topological polar surface area (TPSA) is 48.1 Å². The Balaban J connectivity index is 3.36. The molecule has 0 aromatic carbocycles. The van der Waals surface area contributed by atoms with E-state index in [-0.39, 0.29) is 23.4 Å². The van der Waals surface area contributed by atoms with Crippen molar-refractivity contribution in [1.29, 1.82) is 0 Å². The third kappa shape index (κ3) is 2.01. The Bertz CT molecular complexity index is 333. The third-order valence-corrected chi connectivity index (χ3v) is 2.46. The highest BCUT2D eigenvalue weighted by atomic mass is 79.9. The molecule has 0 saturated carbocycles. The molecular weight excluding hydrogens is 258 g/mol. The third-order valence-electron chi connectivity index (χ3n) is 1.78. The van der Waals surface area contributed by atoms with Crippen LogP contribution >= 0.6 is 15.9 Å². The second-order valence-corrected chi connectivity index (χ2v) is 3.27. The highest BCUT2D eigenvalue weighted by Crippen LogP contribution is 2.34. The fraction of sp³-hybridized carbons (Fsp3) is 0.375. The second kappa shape index (κ2) is 4.65. The van der Waals surface area contributed by atoms with Crippen molar-refractivity contribution in [3.63, 3.8) is 0 Å². The van der Waals surface area contributed by atoms with E-state index in [2.05, 4.69) is 20.9 Å². The Kier molecular flexibility index (Phi) is 3.77. The molecule has 0 radical (unpaired) electrons. The molecule has 0 unspecified atom stereocenters. The molecule has 0 atom stereocenters. The van der Waals surface area contributed by atoms with E-state index in [9.17, 15) is 8.78 Å². The van der Waals surface area contributed by atoms with Crippen molar-refractivity contribution < 1.29 is 13.5 Å². The van der Waals surface area contributed by atoms with Crippen LogP contribution in [0, 0.1) is 0 Å². The molecule has 0 aliphatic heterocycles. The predicted octanol–water partition coefficient (Wildman–Crippen LogP) is 2.25. The van der Waals surface area contributed by atoms with Gasteiger partial charge in [0.25, 0.3) is 6.43 Å². The fourth-order valence-corrected chi connectivity index (χ4v) is 1.60. The lowest BCUT2D eigenvalue weighted by Crippen LogP contribution is -2.06. The van der Waals surface area contributed by atoms with Crippen molar-refractivity contribution in [1.82, 2.24) is 4.98 Å². The smallest absolute Gasteiger partial charge is 0.267 e. The molecule has 0 bridgehead atoms. The van der Waals surface area contributed by atoms with Crippen LogP contribution in [0.5, 0.6) is 5.75 Å². The van der Waals surface area contributed by atoms with Gasteiger partial charge in [0, 0.05) is 12.1 Å². The first-order valence-corrected chi connectivity index (χ1v) is 4.60. The van der Waals surface area contributed by atoms with E-state index in [1.165, 1.54) is 13.3 Å². The van der Waals surface area contributed by atoms with Crippen LogP contribution in [0.1, 0.15) is 17.6 Å². The molecule has 1 rings (SSSR count). The number of ether oxygens (including phenoxy) is 1. The molecule has 3 nitrogen and oxygen atoms in total. The molecule has 0 saturated heterocycles. The molecule has 0 amide bonds.